The van der Waals surface area contributed by atoms with Crippen molar-refractivity contribution in [3.8, 4) is 0 Å². The number of allylic oxidation sites excluding steroid dienone is 8. The van der Waals surface area contributed by atoms with Gasteiger partial charge in [0, 0.05) is 0 Å². The Bertz CT molecular complexity index is 192. The number of hydrogen-bond acceptors (Lipinski definition) is 0. The minimum atomic E-state index is 0. The molecule has 0 heterocycles. The molecule has 0 aromatic rings. The molecule has 0 unspecified atom stereocenters. The zero-order valence-electron chi connectivity index (χ0n) is 11.7. The van der Waals surface area contributed by atoms with Gasteiger partial charge in [-0.2, -0.15) is 0 Å². The Balaban J connectivity index is -0.000000107. The minimum absolute atomic E-state index is 0. The summed E-state index contributed by atoms with van der Waals surface area (Å²) in [7, 11) is 0. The van der Waals surface area contributed by atoms with Gasteiger partial charge < -0.3 is 24.8 Å². The van der Waals surface area contributed by atoms with Crippen molar-refractivity contribution in [3.05, 3.63) is 48.6 Å². The van der Waals surface area contributed by atoms with Crippen LogP contribution in [0.2, 0.25) is 0 Å². The number of rotatable bonds is 0. The zero-order valence-corrected chi connectivity index (χ0v) is 18.0. The van der Waals surface area contributed by atoms with E-state index in [9.17, 15) is 0 Å². The maximum atomic E-state index is 2.27. The van der Waals surface area contributed by atoms with E-state index in [4.69, 9.17) is 0 Å². The van der Waals surface area contributed by atoms with Crippen LogP contribution in [-0.2, 0) is 40.2 Å². The minimum Gasteiger partial charge on any atom is -1.00 e. The van der Waals surface area contributed by atoms with E-state index < -0.39 is 0 Å². The van der Waals surface area contributed by atoms with Gasteiger partial charge in [-0.15, -0.1) is 0 Å². The van der Waals surface area contributed by atoms with E-state index in [1.165, 1.54) is 51.4 Å². The zero-order chi connectivity index (χ0) is 11.3. The molecular weight excluding hydrogens is 648 g/mol. The van der Waals surface area contributed by atoms with Crippen LogP contribution in [0.1, 0.15) is 51.4 Å². The molecule has 0 saturated carbocycles. The molecule has 0 fully saturated rings. The van der Waals surface area contributed by atoms with Gasteiger partial charge in [-0.05, 0) is 51.4 Å². The van der Waals surface area contributed by atoms with Crippen molar-refractivity contribution in [2.75, 3.05) is 0 Å². The number of halogens is 2. The summed E-state index contributed by atoms with van der Waals surface area (Å²) in [5, 5.41) is 0. The van der Waals surface area contributed by atoms with Crippen molar-refractivity contribution in [2.45, 2.75) is 51.4 Å². The second kappa shape index (κ2) is 24.8. The van der Waals surface area contributed by atoms with Gasteiger partial charge in [0.05, 0.1) is 0 Å². The normalized spacial score (nSPS) is 22.4. The molecule has 0 radical (unpaired) electrons. The van der Waals surface area contributed by atoms with Crippen molar-refractivity contribution in [2.24, 2.45) is 0 Å². The molecule has 2 rings (SSSR count). The molecule has 0 amide bonds. The van der Waals surface area contributed by atoms with E-state index in [0.717, 1.165) is 0 Å². The van der Waals surface area contributed by atoms with Crippen LogP contribution in [0.3, 0.4) is 0 Å². The first-order valence-corrected chi connectivity index (χ1v) is 6.60. The fourth-order valence-electron chi connectivity index (χ4n) is 1.71. The summed E-state index contributed by atoms with van der Waals surface area (Å²) >= 11 is 0. The predicted octanol–water partition coefficient (Wildman–Crippen LogP) is -0.651. The van der Waals surface area contributed by atoms with Crippen LogP contribution in [0.25, 0.3) is 0 Å². The first kappa shape index (κ1) is 28.9. The van der Waals surface area contributed by atoms with Crippen molar-refractivity contribution in [1.29, 1.82) is 0 Å². The Labute approximate surface area is 164 Å². The van der Waals surface area contributed by atoms with Gasteiger partial charge in [0.15, 0.2) is 0 Å². The first-order chi connectivity index (χ1) is 8.00. The molecule has 120 valence electrons. The molecule has 0 aliphatic heterocycles. The second-order valence-electron chi connectivity index (χ2n) is 4.20. The van der Waals surface area contributed by atoms with Crippen molar-refractivity contribution >= 4 is 0 Å². The Morgan fingerprint density at radius 1 is 0.300 bits per heavy atom. The molecule has 0 bridgehead atoms. The van der Waals surface area contributed by atoms with Crippen molar-refractivity contribution in [1.82, 2.24) is 0 Å². The van der Waals surface area contributed by atoms with E-state index in [2.05, 4.69) is 48.6 Å². The summed E-state index contributed by atoms with van der Waals surface area (Å²) in [4.78, 5) is 0. The second-order valence-corrected chi connectivity index (χ2v) is 4.20. The smallest absolute Gasteiger partial charge is 1.00 e. The van der Waals surface area contributed by atoms with Crippen LogP contribution in [-0.4, -0.2) is 0 Å². The van der Waals surface area contributed by atoms with E-state index >= 15 is 0 Å². The maximum Gasteiger partial charge on any atom is 1.00 e. The van der Waals surface area contributed by atoms with E-state index in [1.807, 2.05) is 0 Å². The molecule has 2 aliphatic carbocycles. The summed E-state index contributed by atoms with van der Waals surface area (Å²) in [5.74, 6) is 0. The molecule has 20 heavy (non-hydrogen) atoms. The van der Waals surface area contributed by atoms with Gasteiger partial charge in [0.2, 0.25) is 0 Å². The molecule has 0 atom stereocenters. The quantitative estimate of drug-likeness (QED) is 0.301. The van der Waals surface area contributed by atoms with Crippen molar-refractivity contribution < 1.29 is 65.0 Å². The van der Waals surface area contributed by atoms with Crippen LogP contribution >= 0.6 is 0 Å². The third-order valence-electron chi connectivity index (χ3n) is 2.67. The Hall–Kier alpha value is 0.839. The Kier molecular flexibility index (Phi) is 35.9. The summed E-state index contributed by atoms with van der Waals surface area (Å²) in [6.45, 7) is 0. The van der Waals surface area contributed by atoms with Crippen LogP contribution in [0, 0.1) is 0 Å². The molecule has 0 aromatic heterocycles. The third-order valence-corrected chi connectivity index (χ3v) is 2.67. The SMILES string of the molecule is C1=C\CC/C=C\CC/1.C1=C\CC/C=C\CC/1.[Cl-].[Cl-].[Ir+].[Ir+]. The summed E-state index contributed by atoms with van der Waals surface area (Å²) in [6, 6.07) is 0. The molecule has 0 N–H and O–H groups in total. The predicted molar refractivity (Wildman–Crippen MR) is 73.5 cm³/mol. The average molecular weight is 672 g/mol. The number of hydrogen-bond donors (Lipinski definition) is 0. The summed E-state index contributed by atoms with van der Waals surface area (Å²) in [5.41, 5.74) is 0. The molecule has 0 nitrogen and oxygen atoms in total. The van der Waals surface area contributed by atoms with E-state index in [-0.39, 0.29) is 65.0 Å². The van der Waals surface area contributed by atoms with Gasteiger partial charge in [-0.3, -0.25) is 0 Å². The topological polar surface area (TPSA) is 0 Å². The molecular formula is C16H24Cl2Ir2. The van der Waals surface area contributed by atoms with Crippen LogP contribution in [0.5, 0.6) is 0 Å². The largest absolute Gasteiger partial charge is 1.00 e. The molecule has 0 aromatic carbocycles. The fraction of sp³-hybridized carbons (Fsp3) is 0.500. The van der Waals surface area contributed by atoms with Crippen LogP contribution in [0.15, 0.2) is 48.6 Å². The van der Waals surface area contributed by atoms with E-state index in [0.29, 0.717) is 0 Å². The Morgan fingerprint density at radius 2 is 0.400 bits per heavy atom. The third kappa shape index (κ3) is 21.1. The maximum absolute atomic E-state index is 2.27. The first-order valence-electron chi connectivity index (χ1n) is 6.60. The van der Waals surface area contributed by atoms with Gasteiger partial charge in [-0.25, -0.2) is 0 Å². The molecule has 0 saturated heterocycles. The molecule has 2 aliphatic rings. The van der Waals surface area contributed by atoms with Gasteiger partial charge in [0.25, 0.3) is 0 Å². The standard InChI is InChI=1S/2C8H12.2ClH.2Ir/c2*1-2-4-6-8-7-5-3-1;;;;/h2*1-2,7-8H,3-6H2;2*1H;;/q;;;;2*+1/p-2/b2*2-1-,8-7-;;;;. The summed E-state index contributed by atoms with van der Waals surface area (Å²) in [6.07, 6.45) is 28.0. The van der Waals surface area contributed by atoms with E-state index in [1.54, 1.807) is 0 Å². The van der Waals surface area contributed by atoms with Gasteiger partial charge in [0.1, 0.15) is 0 Å². The monoisotopic (exact) mass is 672 g/mol. The van der Waals surface area contributed by atoms with Crippen LogP contribution in [0.4, 0.5) is 0 Å². The molecule has 0 spiro atoms. The Morgan fingerprint density at radius 3 is 0.500 bits per heavy atom. The fourth-order valence-corrected chi connectivity index (χ4v) is 1.71. The van der Waals surface area contributed by atoms with Crippen molar-refractivity contribution in [3.63, 3.8) is 0 Å². The summed E-state index contributed by atoms with van der Waals surface area (Å²) < 4.78 is 0. The molecule has 4 heteroatoms. The average Bonchev–Trinajstić information content (AvgIpc) is 2.15. The van der Waals surface area contributed by atoms with Gasteiger partial charge in [-0.1, -0.05) is 48.6 Å². The van der Waals surface area contributed by atoms with Crippen LogP contribution < -0.4 is 24.8 Å². The van der Waals surface area contributed by atoms with Gasteiger partial charge >= 0.3 is 40.2 Å².